The zero-order valence-electron chi connectivity index (χ0n) is 22.4. The Morgan fingerprint density at radius 1 is 1.05 bits per heavy atom. The molecule has 0 radical (unpaired) electrons. The summed E-state index contributed by atoms with van der Waals surface area (Å²) in [6.07, 6.45) is 10.4. The van der Waals surface area contributed by atoms with Crippen LogP contribution in [0.2, 0.25) is 0 Å². The number of carbonyl (C=O) groups excluding carboxylic acids is 1. The lowest BCUT2D eigenvalue weighted by Gasteiger charge is -2.22. The molecule has 1 atom stereocenters. The predicted molar refractivity (Wildman–Crippen MR) is 167 cm³/mol. The van der Waals surface area contributed by atoms with Crippen LogP contribution in [-0.4, -0.2) is 49.0 Å². The number of nitrogens with zero attached hydrogens (tertiary/aromatic N) is 1. The number of thioether (sulfide) groups is 1. The topological polar surface area (TPSA) is 108 Å². The Hall–Kier alpha value is -2.14. The first-order chi connectivity index (χ1) is 18.3. The summed E-state index contributed by atoms with van der Waals surface area (Å²) in [5.41, 5.74) is 4.40. The standard InChI is InChI=1S/C29H35N3O4S2.2ClH/c1-38(35,36)32-29(34)26-14-13-23(18-28(26)37-25-7-3-2-4-8-25)22-11-9-21(10-12-22)15-17-31-20-27(33)24-6-5-16-30-19-24;;/h5-6,9-14,16,18-19,25,27,31,33H,2-4,7-8,15,17,20H2,1H3,(H,32,34);2*1H/t27-;;/m1../s1. The van der Waals surface area contributed by atoms with Crippen LogP contribution in [0.1, 0.15) is 59.7 Å². The molecule has 0 spiro atoms. The molecule has 4 rings (SSSR count). The summed E-state index contributed by atoms with van der Waals surface area (Å²) in [6, 6.07) is 17.6. The monoisotopic (exact) mass is 625 g/mol. The van der Waals surface area contributed by atoms with Crippen molar-refractivity contribution in [2.75, 3.05) is 19.3 Å². The smallest absolute Gasteiger partial charge is 0.265 e. The molecule has 0 aliphatic heterocycles. The number of aliphatic hydroxyl groups excluding tert-OH is 1. The molecule has 1 aromatic heterocycles. The highest BCUT2D eigenvalue weighted by molar-refractivity contribution is 8.00. The minimum Gasteiger partial charge on any atom is -0.387 e. The molecule has 3 N–H and O–H groups in total. The van der Waals surface area contributed by atoms with Crippen molar-refractivity contribution in [1.29, 1.82) is 0 Å². The molecule has 218 valence electrons. The van der Waals surface area contributed by atoms with Crippen LogP contribution in [0.3, 0.4) is 0 Å². The van der Waals surface area contributed by atoms with Crippen molar-refractivity contribution in [3.8, 4) is 11.1 Å². The third-order valence-electron chi connectivity index (χ3n) is 6.63. The number of rotatable bonds is 11. The number of benzene rings is 2. The van der Waals surface area contributed by atoms with Crippen LogP contribution >= 0.6 is 36.6 Å². The highest BCUT2D eigenvalue weighted by Gasteiger charge is 2.21. The number of hydrogen-bond acceptors (Lipinski definition) is 7. The summed E-state index contributed by atoms with van der Waals surface area (Å²) in [7, 11) is -3.65. The SMILES string of the molecule is CS(=O)(=O)NC(=O)c1ccc(-c2ccc(CCNC[C@@H](O)c3cccnc3)cc2)cc1SC1CCCCC1.Cl.Cl. The van der Waals surface area contributed by atoms with Gasteiger partial charge in [-0.25, -0.2) is 13.1 Å². The second kappa shape index (κ2) is 16.3. The maximum absolute atomic E-state index is 12.7. The average molecular weight is 627 g/mol. The Morgan fingerprint density at radius 2 is 1.75 bits per heavy atom. The Morgan fingerprint density at radius 3 is 2.40 bits per heavy atom. The van der Waals surface area contributed by atoms with Crippen molar-refractivity contribution >= 4 is 52.5 Å². The molecule has 40 heavy (non-hydrogen) atoms. The normalized spacial score (nSPS) is 14.4. The number of pyridine rings is 1. The van der Waals surface area contributed by atoms with Gasteiger partial charge in [-0.2, -0.15) is 0 Å². The summed E-state index contributed by atoms with van der Waals surface area (Å²) in [5, 5.41) is 14.0. The van der Waals surface area contributed by atoms with Crippen LogP contribution in [0.15, 0.2) is 71.9 Å². The largest absolute Gasteiger partial charge is 0.387 e. The van der Waals surface area contributed by atoms with Gasteiger partial charge >= 0.3 is 0 Å². The summed E-state index contributed by atoms with van der Waals surface area (Å²) in [4.78, 5) is 17.6. The summed E-state index contributed by atoms with van der Waals surface area (Å²) >= 11 is 1.68. The van der Waals surface area contributed by atoms with Crippen LogP contribution in [-0.2, 0) is 16.4 Å². The van der Waals surface area contributed by atoms with Crippen LogP contribution in [0.5, 0.6) is 0 Å². The molecule has 0 saturated heterocycles. The molecule has 1 aliphatic carbocycles. The first-order valence-corrected chi connectivity index (χ1v) is 15.8. The highest BCUT2D eigenvalue weighted by Crippen LogP contribution is 2.37. The predicted octanol–water partition coefficient (Wildman–Crippen LogP) is 5.57. The van der Waals surface area contributed by atoms with Gasteiger partial charge < -0.3 is 10.4 Å². The molecule has 3 aromatic rings. The fourth-order valence-electron chi connectivity index (χ4n) is 4.60. The second-order valence-corrected chi connectivity index (χ2v) is 12.8. The minimum atomic E-state index is -3.65. The molecule has 11 heteroatoms. The Labute approximate surface area is 253 Å². The van der Waals surface area contributed by atoms with E-state index in [1.807, 2.05) is 24.3 Å². The van der Waals surface area contributed by atoms with Crippen molar-refractivity contribution in [1.82, 2.24) is 15.0 Å². The van der Waals surface area contributed by atoms with E-state index in [9.17, 15) is 18.3 Å². The molecule has 1 aliphatic rings. The lowest BCUT2D eigenvalue weighted by molar-refractivity contribution is 0.0979. The zero-order chi connectivity index (χ0) is 27.0. The maximum atomic E-state index is 12.7. The quantitative estimate of drug-likeness (QED) is 0.239. The van der Waals surface area contributed by atoms with Crippen molar-refractivity contribution in [3.05, 3.63) is 83.7 Å². The van der Waals surface area contributed by atoms with Gasteiger partial charge in [-0.15, -0.1) is 36.6 Å². The van der Waals surface area contributed by atoms with E-state index >= 15 is 0 Å². The summed E-state index contributed by atoms with van der Waals surface area (Å²) in [5.74, 6) is -0.589. The number of sulfonamides is 1. The van der Waals surface area contributed by atoms with Gasteiger partial charge in [-0.05, 0) is 60.7 Å². The molecule has 1 saturated carbocycles. The van der Waals surface area contributed by atoms with E-state index < -0.39 is 22.0 Å². The van der Waals surface area contributed by atoms with E-state index in [1.54, 1.807) is 30.2 Å². The minimum absolute atomic E-state index is 0. The lowest BCUT2D eigenvalue weighted by atomic mass is 10.0. The average Bonchev–Trinajstić information content (AvgIpc) is 2.91. The lowest BCUT2D eigenvalue weighted by Crippen LogP contribution is -2.29. The van der Waals surface area contributed by atoms with Crippen LogP contribution in [0.25, 0.3) is 11.1 Å². The number of aromatic nitrogens is 1. The van der Waals surface area contributed by atoms with Crippen molar-refractivity contribution < 1.29 is 18.3 Å². The summed E-state index contributed by atoms with van der Waals surface area (Å²) in [6.45, 7) is 1.20. The number of halogens is 2. The van der Waals surface area contributed by atoms with E-state index in [0.29, 0.717) is 17.4 Å². The number of aliphatic hydroxyl groups is 1. The van der Waals surface area contributed by atoms with Crippen LogP contribution in [0.4, 0.5) is 0 Å². The summed E-state index contributed by atoms with van der Waals surface area (Å²) < 4.78 is 25.5. The molecule has 1 fully saturated rings. The fraction of sp³-hybridized carbons (Fsp3) is 0.379. The van der Waals surface area contributed by atoms with E-state index in [-0.39, 0.29) is 24.8 Å². The Bertz CT molecular complexity index is 1320. The van der Waals surface area contributed by atoms with Gasteiger partial charge in [0.25, 0.3) is 5.91 Å². The van der Waals surface area contributed by atoms with Gasteiger partial charge in [0, 0.05) is 34.6 Å². The molecule has 0 bridgehead atoms. The van der Waals surface area contributed by atoms with Crippen molar-refractivity contribution in [2.45, 2.75) is 54.8 Å². The van der Waals surface area contributed by atoms with E-state index in [4.69, 9.17) is 0 Å². The number of hydrogen-bond donors (Lipinski definition) is 3. The van der Waals surface area contributed by atoms with Crippen LogP contribution < -0.4 is 10.0 Å². The van der Waals surface area contributed by atoms with Gasteiger partial charge in [0.05, 0.1) is 17.9 Å². The first-order valence-electron chi connectivity index (χ1n) is 13.0. The van der Waals surface area contributed by atoms with E-state index in [2.05, 4.69) is 39.3 Å². The number of carbonyl (C=O) groups is 1. The Kier molecular flexibility index (Phi) is 13.9. The zero-order valence-corrected chi connectivity index (χ0v) is 25.7. The second-order valence-electron chi connectivity index (χ2n) is 9.75. The van der Waals surface area contributed by atoms with E-state index in [0.717, 1.165) is 53.6 Å². The van der Waals surface area contributed by atoms with Gasteiger partial charge in [0.15, 0.2) is 0 Å². The van der Waals surface area contributed by atoms with Crippen molar-refractivity contribution in [3.63, 3.8) is 0 Å². The van der Waals surface area contributed by atoms with E-state index in [1.165, 1.54) is 24.8 Å². The molecule has 1 heterocycles. The molecule has 7 nitrogen and oxygen atoms in total. The van der Waals surface area contributed by atoms with Gasteiger partial charge in [-0.3, -0.25) is 9.78 Å². The van der Waals surface area contributed by atoms with Crippen molar-refractivity contribution in [2.24, 2.45) is 0 Å². The number of nitrogens with one attached hydrogen (secondary N) is 2. The molecule has 2 aromatic carbocycles. The molecule has 1 amide bonds. The fourth-order valence-corrected chi connectivity index (χ4v) is 6.46. The third kappa shape index (κ3) is 10.4. The van der Waals surface area contributed by atoms with Gasteiger partial charge in [-0.1, -0.05) is 55.7 Å². The first kappa shape index (κ1) is 34.1. The molecular weight excluding hydrogens is 589 g/mol. The molecular formula is C29H37Cl2N3O4S2. The van der Waals surface area contributed by atoms with Gasteiger partial charge in [0.1, 0.15) is 0 Å². The number of amides is 1. The highest BCUT2D eigenvalue weighted by atomic mass is 35.5. The van der Waals surface area contributed by atoms with Crippen LogP contribution in [0, 0.1) is 0 Å². The van der Waals surface area contributed by atoms with Gasteiger partial charge in [0.2, 0.25) is 10.0 Å². The third-order valence-corrected chi connectivity index (χ3v) is 8.59. The Balaban J connectivity index is 0.00000280. The maximum Gasteiger partial charge on any atom is 0.265 e. The molecule has 0 unspecified atom stereocenters.